The zero-order valence-corrected chi connectivity index (χ0v) is 12.0. The Labute approximate surface area is 122 Å². The Balaban J connectivity index is 1.61. The van der Waals surface area contributed by atoms with E-state index < -0.39 is 0 Å². The van der Waals surface area contributed by atoms with Crippen LogP contribution in [0.4, 0.5) is 0 Å². The summed E-state index contributed by atoms with van der Waals surface area (Å²) in [4.78, 5) is 0. The van der Waals surface area contributed by atoms with Crippen molar-refractivity contribution in [3.63, 3.8) is 0 Å². The number of thioether (sulfide) groups is 1. The molecule has 5 heteroatoms. The smallest absolute Gasteiger partial charge is 0.191 e. The van der Waals surface area contributed by atoms with Crippen molar-refractivity contribution in [2.24, 2.45) is 0 Å². The maximum Gasteiger partial charge on any atom is 0.191 e. The number of aromatic nitrogens is 3. The van der Waals surface area contributed by atoms with E-state index in [4.69, 9.17) is 0 Å². The molecule has 3 rings (SSSR count). The maximum atomic E-state index is 9.28. The number of benzene rings is 1. The van der Waals surface area contributed by atoms with E-state index in [9.17, 15) is 5.11 Å². The number of hydrogen-bond acceptors (Lipinski definition) is 4. The summed E-state index contributed by atoms with van der Waals surface area (Å²) >= 11 is 1.66. The molecule has 0 radical (unpaired) electrons. The summed E-state index contributed by atoms with van der Waals surface area (Å²) < 4.78 is 2.08. The summed E-state index contributed by atoms with van der Waals surface area (Å²) in [5.41, 5.74) is 1.20. The molecule has 0 bridgehead atoms. The van der Waals surface area contributed by atoms with Gasteiger partial charge in [0.05, 0.1) is 0 Å². The molecule has 0 amide bonds. The molecule has 0 atom stereocenters. The monoisotopic (exact) mass is 287 g/mol. The highest BCUT2D eigenvalue weighted by Gasteiger charge is 2.29. The van der Waals surface area contributed by atoms with Crippen molar-refractivity contribution < 1.29 is 5.11 Å². The second kappa shape index (κ2) is 6.24. The van der Waals surface area contributed by atoms with Crippen molar-refractivity contribution >= 4 is 17.8 Å². The van der Waals surface area contributed by atoms with Gasteiger partial charge in [0, 0.05) is 11.8 Å². The molecule has 1 saturated carbocycles. The van der Waals surface area contributed by atoms with E-state index in [1.54, 1.807) is 11.8 Å². The number of aliphatic hydroxyl groups excluding tert-OH is 1. The second-order valence-electron chi connectivity index (χ2n) is 4.78. The molecule has 20 heavy (non-hydrogen) atoms. The van der Waals surface area contributed by atoms with E-state index >= 15 is 0 Å². The molecule has 0 aliphatic heterocycles. The Morgan fingerprint density at radius 3 is 2.75 bits per heavy atom. The van der Waals surface area contributed by atoms with Crippen LogP contribution in [-0.2, 0) is 6.61 Å². The van der Waals surface area contributed by atoms with Gasteiger partial charge in [-0.25, -0.2) is 0 Å². The van der Waals surface area contributed by atoms with Gasteiger partial charge in [0.15, 0.2) is 11.0 Å². The summed E-state index contributed by atoms with van der Waals surface area (Å²) in [7, 11) is 0. The number of rotatable bonds is 6. The number of aliphatic hydroxyl groups is 1. The molecule has 1 aliphatic rings. The summed E-state index contributed by atoms with van der Waals surface area (Å²) in [5, 5.41) is 18.4. The Bertz CT molecular complexity index is 590. The molecule has 0 saturated heterocycles. The molecule has 1 aromatic carbocycles. The zero-order chi connectivity index (χ0) is 13.8. The predicted octanol–water partition coefficient (Wildman–Crippen LogP) is 2.91. The summed E-state index contributed by atoms with van der Waals surface area (Å²) in [5.74, 6) is 1.53. The average molecular weight is 287 g/mol. The van der Waals surface area contributed by atoms with Gasteiger partial charge in [-0.15, -0.1) is 10.2 Å². The van der Waals surface area contributed by atoms with Crippen molar-refractivity contribution in [2.75, 3.05) is 5.75 Å². The van der Waals surface area contributed by atoms with Crippen LogP contribution in [0.2, 0.25) is 0 Å². The first-order valence-electron chi connectivity index (χ1n) is 6.77. The lowest BCUT2D eigenvalue weighted by Gasteiger charge is -2.05. The standard InChI is InChI=1S/C15H17N3OS/c19-11-14-16-17-15(18(14)13-8-9-13)20-10-4-7-12-5-2-1-3-6-12/h1-7,13,19H,8-11H2/b7-4+. The topological polar surface area (TPSA) is 50.9 Å². The SMILES string of the molecule is OCc1nnc(SC/C=C/c2ccccc2)n1C1CC1. The highest BCUT2D eigenvalue weighted by Crippen LogP contribution is 2.38. The first-order valence-corrected chi connectivity index (χ1v) is 7.76. The Morgan fingerprint density at radius 1 is 1.25 bits per heavy atom. The van der Waals surface area contributed by atoms with Crippen LogP contribution in [0.3, 0.4) is 0 Å². The third-order valence-corrected chi connectivity index (χ3v) is 4.10. The average Bonchev–Trinajstić information content (AvgIpc) is 3.25. The summed E-state index contributed by atoms with van der Waals surface area (Å²) in [6, 6.07) is 10.7. The number of nitrogens with zero attached hydrogens (tertiary/aromatic N) is 3. The van der Waals surface area contributed by atoms with Gasteiger partial charge in [0.1, 0.15) is 6.61 Å². The normalized spacial score (nSPS) is 15.1. The van der Waals surface area contributed by atoms with Gasteiger partial charge in [0.25, 0.3) is 0 Å². The van der Waals surface area contributed by atoms with Crippen LogP contribution in [0, 0.1) is 0 Å². The van der Waals surface area contributed by atoms with Crippen molar-refractivity contribution in [2.45, 2.75) is 30.6 Å². The van der Waals surface area contributed by atoms with Crippen LogP contribution in [0.1, 0.15) is 30.3 Å². The van der Waals surface area contributed by atoms with Gasteiger partial charge in [-0.05, 0) is 18.4 Å². The highest BCUT2D eigenvalue weighted by atomic mass is 32.2. The lowest BCUT2D eigenvalue weighted by molar-refractivity contribution is 0.263. The zero-order valence-electron chi connectivity index (χ0n) is 11.1. The highest BCUT2D eigenvalue weighted by molar-refractivity contribution is 7.99. The van der Waals surface area contributed by atoms with Crippen LogP contribution >= 0.6 is 11.8 Å². The van der Waals surface area contributed by atoms with E-state index in [1.807, 2.05) is 18.2 Å². The molecule has 2 aromatic rings. The molecular weight excluding hydrogens is 270 g/mol. The van der Waals surface area contributed by atoms with E-state index in [0.29, 0.717) is 11.9 Å². The van der Waals surface area contributed by atoms with Crippen molar-refractivity contribution in [3.8, 4) is 0 Å². The Hall–Kier alpha value is -1.59. The van der Waals surface area contributed by atoms with E-state index in [-0.39, 0.29) is 6.61 Å². The van der Waals surface area contributed by atoms with Crippen molar-refractivity contribution in [1.82, 2.24) is 14.8 Å². The van der Waals surface area contributed by atoms with Gasteiger partial charge in [0.2, 0.25) is 0 Å². The minimum absolute atomic E-state index is 0.0378. The van der Waals surface area contributed by atoms with Gasteiger partial charge in [-0.1, -0.05) is 54.2 Å². The number of hydrogen-bond donors (Lipinski definition) is 1. The molecule has 0 spiro atoms. The predicted molar refractivity (Wildman–Crippen MR) is 80.4 cm³/mol. The van der Waals surface area contributed by atoms with Crippen molar-refractivity contribution in [3.05, 3.63) is 47.8 Å². The molecule has 1 heterocycles. The van der Waals surface area contributed by atoms with Gasteiger partial charge in [-0.3, -0.25) is 0 Å². The largest absolute Gasteiger partial charge is 0.388 e. The third-order valence-electron chi connectivity index (χ3n) is 3.21. The minimum Gasteiger partial charge on any atom is -0.388 e. The lowest BCUT2D eigenvalue weighted by atomic mass is 10.2. The third kappa shape index (κ3) is 3.11. The fourth-order valence-electron chi connectivity index (χ4n) is 2.08. The molecule has 1 aromatic heterocycles. The fourth-order valence-corrected chi connectivity index (χ4v) is 2.92. The van der Waals surface area contributed by atoms with E-state index in [1.165, 1.54) is 18.4 Å². The molecular formula is C15H17N3OS. The summed E-state index contributed by atoms with van der Waals surface area (Å²) in [6.07, 6.45) is 6.57. The van der Waals surface area contributed by atoms with Crippen LogP contribution in [0.15, 0.2) is 41.6 Å². The second-order valence-corrected chi connectivity index (χ2v) is 5.77. The first kappa shape index (κ1) is 13.4. The van der Waals surface area contributed by atoms with Crippen LogP contribution in [0.25, 0.3) is 6.08 Å². The van der Waals surface area contributed by atoms with Gasteiger partial charge >= 0.3 is 0 Å². The molecule has 104 valence electrons. The van der Waals surface area contributed by atoms with Crippen LogP contribution in [-0.4, -0.2) is 25.6 Å². The quantitative estimate of drug-likeness (QED) is 0.830. The maximum absolute atomic E-state index is 9.28. The fraction of sp³-hybridized carbons (Fsp3) is 0.333. The molecule has 1 fully saturated rings. The van der Waals surface area contributed by atoms with Gasteiger partial charge < -0.3 is 9.67 Å². The molecule has 1 N–H and O–H groups in total. The minimum atomic E-state index is -0.0378. The van der Waals surface area contributed by atoms with E-state index in [2.05, 4.69) is 39.0 Å². The van der Waals surface area contributed by atoms with Crippen LogP contribution in [0.5, 0.6) is 0 Å². The Morgan fingerprint density at radius 2 is 2.05 bits per heavy atom. The molecule has 1 aliphatic carbocycles. The molecule has 4 nitrogen and oxygen atoms in total. The summed E-state index contributed by atoms with van der Waals surface area (Å²) in [6.45, 7) is -0.0378. The first-order chi connectivity index (χ1) is 9.88. The van der Waals surface area contributed by atoms with Gasteiger partial charge in [-0.2, -0.15) is 0 Å². The van der Waals surface area contributed by atoms with E-state index in [0.717, 1.165) is 10.9 Å². The lowest BCUT2D eigenvalue weighted by Crippen LogP contribution is -2.02. The Kier molecular flexibility index (Phi) is 4.18. The van der Waals surface area contributed by atoms with Crippen molar-refractivity contribution in [1.29, 1.82) is 0 Å². The van der Waals surface area contributed by atoms with Crippen LogP contribution < -0.4 is 0 Å². The molecule has 0 unspecified atom stereocenters.